The quantitative estimate of drug-likeness (QED) is 0.423. The number of halogens is 1. The summed E-state index contributed by atoms with van der Waals surface area (Å²) in [6.07, 6.45) is 12.6. The Labute approximate surface area is 205 Å². The van der Waals surface area contributed by atoms with Gasteiger partial charge in [-0.3, -0.25) is 0 Å². The molecule has 1 aromatic carbocycles. The van der Waals surface area contributed by atoms with Gasteiger partial charge in [0.05, 0.1) is 22.0 Å². The van der Waals surface area contributed by atoms with E-state index in [0.717, 1.165) is 29.1 Å². The molecule has 3 saturated carbocycles. The van der Waals surface area contributed by atoms with E-state index in [1.165, 1.54) is 64.2 Å². The average molecular weight is 475 g/mol. The summed E-state index contributed by atoms with van der Waals surface area (Å²) >= 11 is 6.68. The number of nitrogens with one attached hydrogen (secondary N) is 2. The molecule has 2 unspecified atom stereocenters. The van der Waals surface area contributed by atoms with E-state index < -0.39 is 5.60 Å². The van der Waals surface area contributed by atoms with E-state index in [1.807, 2.05) is 32.9 Å². The Kier molecular flexibility index (Phi) is 7.24. The number of hydrogen-bond acceptors (Lipinski definition) is 4. The zero-order chi connectivity index (χ0) is 23.8. The molecule has 0 amide bonds. The molecule has 0 saturated heterocycles. The first kappa shape index (κ1) is 24.7. The van der Waals surface area contributed by atoms with E-state index in [-0.39, 0.29) is 11.5 Å². The lowest BCUT2D eigenvalue weighted by atomic mass is 9.62. The second-order valence-electron chi connectivity index (χ2n) is 12.5. The van der Waals surface area contributed by atoms with Crippen LogP contribution in [0.5, 0.6) is 0 Å². The number of ether oxygens (including phenoxy) is 1. The Morgan fingerprint density at radius 2 is 1.67 bits per heavy atom. The van der Waals surface area contributed by atoms with Gasteiger partial charge in [0.2, 0.25) is 0 Å². The average Bonchev–Trinajstić information content (AvgIpc) is 2.68. The van der Waals surface area contributed by atoms with Crippen molar-refractivity contribution in [3.63, 3.8) is 0 Å². The van der Waals surface area contributed by atoms with E-state index in [4.69, 9.17) is 16.3 Å². The predicted molar refractivity (Wildman–Crippen MR) is 138 cm³/mol. The van der Waals surface area contributed by atoms with Crippen molar-refractivity contribution in [2.75, 3.05) is 10.6 Å². The minimum Gasteiger partial charge on any atom is -0.456 e. The number of esters is 1. The van der Waals surface area contributed by atoms with Crippen LogP contribution in [0.4, 0.5) is 11.4 Å². The van der Waals surface area contributed by atoms with Crippen LogP contribution in [0, 0.1) is 17.8 Å². The molecule has 0 aromatic heterocycles. The van der Waals surface area contributed by atoms with Crippen LogP contribution in [-0.4, -0.2) is 23.2 Å². The molecule has 1 aromatic rings. The van der Waals surface area contributed by atoms with Gasteiger partial charge in [-0.25, -0.2) is 4.79 Å². The lowest BCUT2D eigenvalue weighted by molar-refractivity contribution is 0.00698. The Morgan fingerprint density at radius 1 is 1.03 bits per heavy atom. The highest BCUT2D eigenvalue weighted by Crippen LogP contribution is 2.48. The van der Waals surface area contributed by atoms with Crippen molar-refractivity contribution in [3.8, 4) is 0 Å². The van der Waals surface area contributed by atoms with E-state index in [0.29, 0.717) is 16.6 Å². The second kappa shape index (κ2) is 9.68. The van der Waals surface area contributed by atoms with Crippen LogP contribution in [0.1, 0.15) is 109 Å². The molecule has 0 spiro atoms. The third-order valence-corrected chi connectivity index (χ3v) is 8.06. The molecule has 2 bridgehead atoms. The summed E-state index contributed by atoms with van der Waals surface area (Å²) in [6, 6.07) is 4.30. The second-order valence-corrected chi connectivity index (χ2v) is 12.9. The molecular weight excluding hydrogens is 432 g/mol. The molecule has 0 radical (unpaired) electrons. The fraction of sp³-hybridized carbons (Fsp3) is 0.750. The summed E-state index contributed by atoms with van der Waals surface area (Å²) in [4.78, 5) is 12.9. The molecule has 2 atom stereocenters. The molecule has 4 nitrogen and oxygen atoms in total. The van der Waals surface area contributed by atoms with E-state index in [9.17, 15) is 4.79 Å². The summed E-state index contributed by atoms with van der Waals surface area (Å²) in [5.41, 5.74) is 1.94. The van der Waals surface area contributed by atoms with Crippen molar-refractivity contribution in [1.82, 2.24) is 0 Å². The third-order valence-electron chi connectivity index (χ3n) is 7.74. The minimum atomic E-state index is -0.557. The molecule has 5 heteroatoms. The number of anilines is 2. The standard InChI is InChI=1S/C28H43ClN2O2/c1-18-11-19-13-20(12-18)17-28(5,16-19)31-25-15-23(29)22(26(32)33-27(2,3)4)14-24(25)30-21-9-7-6-8-10-21/h14-15,18-21,30-31H,6-13,16-17H2,1-5H3. The number of hydrogen-bond donors (Lipinski definition) is 2. The van der Waals surface area contributed by atoms with Crippen LogP contribution in [0.3, 0.4) is 0 Å². The van der Waals surface area contributed by atoms with Gasteiger partial charge in [0.1, 0.15) is 5.60 Å². The Bertz CT molecular complexity index is 838. The van der Waals surface area contributed by atoms with Gasteiger partial charge < -0.3 is 15.4 Å². The molecule has 3 aliphatic carbocycles. The summed E-state index contributed by atoms with van der Waals surface area (Å²) in [7, 11) is 0. The van der Waals surface area contributed by atoms with Crippen molar-refractivity contribution in [2.24, 2.45) is 17.8 Å². The van der Waals surface area contributed by atoms with E-state index in [1.54, 1.807) is 0 Å². The highest BCUT2D eigenvalue weighted by Gasteiger charge is 2.41. The van der Waals surface area contributed by atoms with Gasteiger partial charge in [-0.2, -0.15) is 0 Å². The van der Waals surface area contributed by atoms with Gasteiger partial charge in [0.25, 0.3) is 0 Å². The largest absolute Gasteiger partial charge is 0.456 e. The van der Waals surface area contributed by atoms with Gasteiger partial charge in [-0.15, -0.1) is 0 Å². The summed E-state index contributed by atoms with van der Waals surface area (Å²) in [5.74, 6) is 2.09. The molecule has 2 N–H and O–H groups in total. The lowest BCUT2D eigenvalue weighted by Gasteiger charge is -2.48. The Hall–Kier alpha value is -1.42. The Balaban J connectivity index is 1.61. The zero-order valence-corrected chi connectivity index (χ0v) is 22.0. The fourth-order valence-corrected chi connectivity index (χ4v) is 7.01. The van der Waals surface area contributed by atoms with Crippen LogP contribution < -0.4 is 10.6 Å². The SMILES string of the molecule is CC1CC2CC(C1)CC(C)(Nc1cc(Cl)c(C(=O)OC(C)(C)C)cc1NC1CCCCC1)C2. The van der Waals surface area contributed by atoms with Crippen molar-refractivity contribution in [1.29, 1.82) is 0 Å². The first-order valence-corrected chi connectivity index (χ1v) is 13.5. The van der Waals surface area contributed by atoms with Crippen molar-refractivity contribution in [3.05, 3.63) is 22.7 Å². The molecular formula is C28H43ClN2O2. The number of carbonyl (C=O) groups is 1. The zero-order valence-electron chi connectivity index (χ0n) is 21.2. The van der Waals surface area contributed by atoms with Crippen LogP contribution in [0.15, 0.2) is 12.1 Å². The minimum absolute atomic E-state index is 0.0491. The predicted octanol–water partition coefficient (Wildman–Crippen LogP) is 8.06. The first-order chi connectivity index (χ1) is 15.5. The van der Waals surface area contributed by atoms with E-state index in [2.05, 4.69) is 24.5 Å². The third kappa shape index (κ3) is 6.38. The van der Waals surface area contributed by atoms with Gasteiger partial charge in [-0.1, -0.05) is 37.8 Å². The molecule has 33 heavy (non-hydrogen) atoms. The van der Waals surface area contributed by atoms with Crippen LogP contribution in [-0.2, 0) is 4.74 Å². The van der Waals surface area contributed by atoms with Gasteiger partial charge >= 0.3 is 5.97 Å². The smallest absolute Gasteiger partial charge is 0.340 e. The van der Waals surface area contributed by atoms with Crippen LogP contribution in [0.2, 0.25) is 5.02 Å². The van der Waals surface area contributed by atoms with Crippen molar-refractivity contribution in [2.45, 2.75) is 116 Å². The van der Waals surface area contributed by atoms with Crippen LogP contribution in [0.25, 0.3) is 0 Å². The molecule has 0 heterocycles. The molecule has 184 valence electrons. The molecule has 3 aliphatic rings. The van der Waals surface area contributed by atoms with Gasteiger partial charge in [0.15, 0.2) is 0 Å². The van der Waals surface area contributed by atoms with Crippen molar-refractivity contribution < 1.29 is 9.53 Å². The first-order valence-electron chi connectivity index (χ1n) is 13.1. The molecule has 4 rings (SSSR count). The highest BCUT2D eigenvalue weighted by molar-refractivity contribution is 6.34. The van der Waals surface area contributed by atoms with E-state index >= 15 is 0 Å². The molecule has 3 fully saturated rings. The highest BCUT2D eigenvalue weighted by atomic mass is 35.5. The normalized spacial score (nSPS) is 30.5. The summed E-state index contributed by atoms with van der Waals surface area (Å²) in [6.45, 7) is 10.4. The molecule has 0 aliphatic heterocycles. The number of rotatable bonds is 5. The number of carbonyl (C=O) groups excluding carboxylic acids is 1. The fourth-order valence-electron chi connectivity index (χ4n) is 6.77. The van der Waals surface area contributed by atoms with Gasteiger partial charge in [0, 0.05) is 11.6 Å². The maximum absolute atomic E-state index is 12.9. The monoisotopic (exact) mass is 474 g/mol. The van der Waals surface area contributed by atoms with Gasteiger partial charge in [-0.05, 0) is 103 Å². The maximum Gasteiger partial charge on any atom is 0.340 e. The maximum atomic E-state index is 12.9. The number of benzene rings is 1. The lowest BCUT2D eigenvalue weighted by Crippen LogP contribution is -2.46. The topological polar surface area (TPSA) is 50.4 Å². The number of fused-ring (bicyclic) bond motifs is 2. The summed E-state index contributed by atoms with van der Waals surface area (Å²) in [5, 5.41) is 8.14. The van der Waals surface area contributed by atoms with Crippen molar-refractivity contribution >= 4 is 28.9 Å². The summed E-state index contributed by atoms with van der Waals surface area (Å²) < 4.78 is 5.65. The van der Waals surface area contributed by atoms with Crippen LogP contribution >= 0.6 is 11.6 Å². The Morgan fingerprint density at radius 3 is 2.27 bits per heavy atom.